The van der Waals surface area contributed by atoms with Gasteiger partial charge in [-0.3, -0.25) is 15.0 Å². The molecule has 6 N–H and O–H groups in total. The van der Waals surface area contributed by atoms with Crippen molar-refractivity contribution in [2.45, 2.75) is 20.8 Å². The van der Waals surface area contributed by atoms with E-state index in [9.17, 15) is 34.1 Å². The Labute approximate surface area is 462 Å². The fraction of sp³-hybridized carbons (Fsp3) is 0.100. The predicted octanol–water partition coefficient (Wildman–Crippen LogP) is 15.3. The smallest absolute Gasteiger partial charge is 0.337 e. The molecular formula is C60H51BrClFN6O9. The van der Waals surface area contributed by atoms with Gasteiger partial charge in [0.15, 0.2) is 0 Å². The molecule has 396 valence electrons. The second-order valence-corrected chi connectivity index (χ2v) is 17.9. The van der Waals surface area contributed by atoms with Crippen LogP contribution < -0.4 is 30.2 Å². The number of carboxylic acids is 3. The van der Waals surface area contributed by atoms with Crippen LogP contribution in [0, 0.1) is 5.82 Å². The molecule has 0 aliphatic heterocycles. The minimum Gasteiger partial charge on any atom is -0.494 e. The topological polar surface area (TPSA) is 214 Å². The van der Waals surface area contributed by atoms with Crippen LogP contribution in [0.2, 0.25) is 5.02 Å². The summed E-state index contributed by atoms with van der Waals surface area (Å²) >= 11 is 9.16. The summed E-state index contributed by atoms with van der Waals surface area (Å²) < 4.78 is 31.2. The van der Waals surface area contributed by atoms with Crippen LogP contribution in [0.1, 0.15) is 51.8 Å². The van der Waals surface area contributed by atoms with Crippen molar-refractivity contribution in [3.8, 4) is 51.0 Å². The van der Waals surface area contributed by atoms with Crippen molar-refractivity contribution in [2.24, 2.45) is 0 Å². The number of nitrogens with zero attached hydrogens (tertiary/aromatic N) is 3. The van der Waals surface area contributed by atoms with E-state index in [1.54, 1.807) is 85.2 Å². The Morgan fingerprint density at radius 2 is 0.936 bits per heavy atom. The zero-order valence-corrected chi connectivity index (χ0v) is 44.6. The molecule has 18 heteroatoms. The zero-order chi connectivity index (χ0) is 55.6. The van der Waals surface area contributed by atoms with Crippen molar-refractivity contribution in [1.82, 2.24) is 15.0 Å². The molecule has 9 rings (SSSR count). The third-order valence-electron chi connectivity index (χ3n) is 11.1. The second kappa shape index (κ2) is 27.5. The fourth-order valence-electron chi connectivity index (χ4n) is 7.54. The van der Waals surface area contributed by atoms with Crippen LogP contribution in [-0.2, 0) is 0 Å². The first-order valence-electron chi connectivity index (χ1n) is 24.2. The van der Waals surface area contributed by atoms with Gasteiger partial charge in [-0.1, -0.05) is 63.9 Å². The van der Waals surface area contributed by atoms with E-state index < -0.39 is 23.7 Å². The van der Waals surface area contributed by atoms with Crippen LogP contribution in [-0.4, -0.2) is 68.0 Å². The van der Waals surface area contributed by atoms with E-state index >= 15 is 0 Å². The number of aromatic nitrogens is 3. The second-order valence-electron chi connectivity index (χ2n) is 16.5. The van der Waals surface area contributed by atoms with Gasteiger partial charge < -0.3 is 45.5 Å². The molecule has 0 bridgehead atoms. The van der Waals surface area contributed by atoms with Crippen molar-refractivity contribution >= 4 is 79.6 Å². The number of pyridine rings is 3. The van der Waals surface area contributed by atoms with Gasteiger partial charge in [0.1, 0.15) is 23.1 Å². The molecule has 9 aromatic rings. The lowest BCUT2D eigenvalue weighted by atomic mass is 10.1. The van der Waals surface area contributed by atoms with Gasteiger partial charge in [-0.2, -0.15) is 0 Å². The first-order valence-corrected chi connectivity index (χ1v) is 25.3. The van der Waals surface area contributed by atoms with Crippen LogP contribution in [0.3, 0.4) is 0 Å². The van der Waals surface area contributed by atoms with Crippen LogP contribution in [0.15, 0.2) is 187 Å². The first kappa shape index (κ1) is 56.4. The molecule has 0 atom stereocenters. The average molecular weight is 1130 g/mol. The highest BCUT2D eigenvalue weighted by atomic mass is 79.9. The van der Waals surface area contributed by atoms with Crippen molar-refractivity contribution < 1.29 is 48.3 Å². The lowest BCUT2D eigenvalue weighted by Crippen LogP contribution is -2.03. The Hall–Kier alpha value is -9.32. The first-order chi connectivity index (χ1) is 37.7. The maximum Gasteiger partial charge on any atom is 0.337 e. The average Bonchev–Trinajstić information content (AvgIpc) is 3.46. The quantitative estimate of drug-likeness (QED) is 0.0471. The Morgan fingerprint density at radius 3 is 1.41 bits per heavy atom. The number of rotatable bonds is 18. The number of hydrogen-bond acceptors (Lipinski definition) is 12. The van der Waals surface area contributed by atoms with Gasteiger partial charge in [-0.25, -0.2) is 18.8 Å². The standard InChI is InChI=1S/C20H17BrN2O3.C20H17ClN2O3.C20H17FN2O3/c2*1-2-26-16-5-3-4-13(10-16)18-9-7-15(12-22-18)23-19-8-6-14(21)11-17(19)20(24)25;1-2-26-14-8-9-17(21)16(11-14)18-10-7-13(12-22-18)23-19-6-4-3-5-15(19)20(24)25/h3*3-12,23H,2H2,1H3,(H,24,25). The number of nitrogens with one attached hydrogen (secondary N) is 3. The fourth-order valence-corrected chi connectivity index (χ4v) is 8.07. The molecule has 0 aliphatic carbocycles. The highest BCUT2D eigenvalue weighted by molar-refractivity contribution is 9.10. The van der Waals surface area contributed by atoms with E-state index in [1.807, 2.05) is 93.6 Å². The molecule has 6 aromatic carbocycles. The number of carbonyl (C=O) groups is 3. The van der Waals surface area contributed by atoms with Gasteiger partial charge in [-0.15, -0.1) is 0 Å². The third kappa shape index (κ3) is 15.6. The van der Waals surface area contributed by atoms with E-state index in [2.05, 4.69) is 46.8 Å². The Morgan fingerprint density at radius 1 is 0.487 bits per heavy atom. The van der Waals surface area contributed by atoms with Crippen molar-refractivity contribution in [1.29, 1.82) is 0 Å². The number of hydrogen-bond donors (Lipinski definition) is 6. The zero-order valence-electron chi connectivity index (χ0n) is 42.2. The van der Waals surface area contributed by atoms with Crippen LogP contribution in [0.25, 0.3) is 33.8 Å². The SMILES string of the molecule is CCOc1ccc(F)c(-c2ccc(Nc3ccccc3C(=O)O)cn2)c1.CCOc1cccc(-c2ccc(Nc3ccc(Br)cc3C(=O)O)cn2)c1.CCOc1cccc(-c2ccc(Nc3ccc(Cl)cc3C(=O)O)cn2)c1. The lowest BCUT2D eigenvalue weighted by molar-refractivity contribution is 0.0687. The summed E-state index contributed by atoms with van der Waals surface area (Å²) in [4.78, 5) is 47.2. The maximum absolute atomic E-state index is 14.1. The van der Waals surface area contributed by atoms with Crippen molar-refractivity contribution in [2.75, 3.05) is 35.8 Å². The number of carboxylic acid groups (broad SMARTS) is 3. The molecule has 0 amide bonds. The summed E-state index contributed by atoms with van der Waals surface area (Å²) in [6.45, 7) is 7.44. The predicted molar refractivity (Wildman–Crippen MR) is 305 cm³/mol. The van der Waals surface area contributed by atoms with Gasteiger partial charge in [0.25, 0.3) is 0 Å². The van der Waals surface area contributed by atoms with Crippen molar-refractivity contribution in [3.05, 3.63) is 214 Å². The third-order valence-corrected chi connectivity index (χ3v) is 11.8. The minimum absolute atomic E-state index is 0.103. The Balaban J connectivity index is 0.000000170. The number of benzene rings is 6. The van der Waals surface area contributed by atoms with E-state index in [1.165, 1.54) is 24.4 Å². The highest BCUT2D eigenvalue weighted by Gasteiger charge is 2.15. The molecule has 0 unspecified atom stereocenters. The highest BCUT2D eigenvalue weighted by Crippen LogP contribution is 2.31. The number of ether oxygens (including phenoxy) is 3. The van der Waals surface area contributed by atoms with E-state index in [0.717, 1.165) is 34.0 Å². The molecule has 0 saturated carbocycles. The summed E-state index contributed by atoms with van der Waals surface area (Å²) in [6.07, 6.45) is 4.86. The minimum atomic E-state index is -1.05. The molecule has 78 heavy (non-hydrogen) atoms. The molecule has 15 nitrogen and oxygen atoms in total. The summed E-state index contributed by atoms with van der Waals surface area (Å²) in [7, 11) is 0. The molecule has 0 saturated heterocycles. The molecule has 0 fully saturated rings. The Bertz CT molecular complexity index is 3360. The maximum atomic E-state index is 14.1. The summed E-state index contributed by atoms with van der Waals surface area (Å²) in [5.74, 6) is -1.29. The van der Waals surface area contributed by atoms with Crippen molar-refractivity contribution in [3.63, 3.8) is 0 Å². The van der Waals surface area contributed by atoms with Crippen LogP contribution >= 0.6 is 27.5 Å². The lowest BCUT2D eigenvalue weighted by Gasteiger charge is -2.11. The van der Waals surface area contributed by atoms with Gasteiger partial charge in [0.05, 0.1) is 106 Å². The summed E-state index contributed by atoms with van der Waals surface area (Å²) in [6, 6.07) is 47.1. The Kier molecular flexibility index (Phi) is 19.9. The van der Waals surface area contributed by atoms with E-state index in [-0.39, 0.29) is 16.7 Å². The molecule has 0 aliphatic rings. The van der Waals surface area contributed by atoms with Gasteiger partial charge in [0, 0.05) is 26.2 Å². The molecule has 0 spiro atoms. The monoisotopic (exact) mass is 1130 g/mol. The molecular weight excluding hydrogens is 1080 g/mol. The summed E-state index contributed by atoms with van der Waals surface area (Å²) in [5, 5.41) is 37.4. The largest absolute Gasteiger partial charge is 0.494 e. The number of halogens is 3. The number of aromatic carboxylic acids is 3. The molecule has 3 aromatic heterocycles. The van der Waals surface area contributed by atoms with Crippen LogP contribution in [0.4, 0.5) is 38.5 Å². The van der Waals surface area contributed by atoms with Gasteiger partial charge in [-0.05, 0) is 148 Å². The normalized spacial score (nSPS) is 10.4. The van der Waals surface area contributed by atoms with Gasteiger partial charge >= 0.3 is 17.9 Å². The van der Waals surface area contributed by atoms with Crippen LogP contribution in [0.5, 0.6) is 17.2 Å². The van der Waals surface area contributed by atoms with E-state index in [0.29, 0.717) is 80.4 Å². The van der Waals surface area contributed by atoms with E-state index in [4.69, 9.17) is 25.8 Å². The number of anilines is 6. The number of para-hydroxylation sites is 1. The molecule has 3 heterocycles. The molecule has 0 radical (unpaired) electrons. The summed E-state index contributed by atoms with van der Waals surface area (Å²) in [5.41, 5.74) is 8.17. The van der Waals surface area contributed by atoms with Gasteiger partial charge in [0.2, 0.25) is 0 Å².